The van der Waals surface area contributed by atoms with Crippen LogP contribution in [0.5, 0.6) is 0 Å². The van der Waals surface area contributed by atoms with Crippen molar-refractivity contribution in [3.8, 4) is 22.8 Å². The molecule has 4 aromatic rings. The maximum Gasteiger partial charge on any atom is 0.397 e. The molecule has 0 radical (unpaired) electrons. The van der Waals surface area contributed by atoms with E-state index in [0.29, 0.717) is 23.1 Å². The van der Waals surface area contributed by atoms with E-state index >= 15 is 0 Å². The molecule has 188 valence electrons. The Bertz CT molecular complexity index is 1430. The van der Waals surface area contributed by atoms with E-state index in [2.05, 4.69) is 15.1 Å². The highest BCUT2D eigenvalue weighted by atomic mass is 19.4. The van der Waals surface area contributed by atoms with E-state index in [1.807, 2.05) is 24.3 Å². The van der Waals surface area contributed by atoms with Crippen molar-refractivity contribution < 1.29 is 22.8 Å². The third-order valence-corrected chi connectivity index (χ3v) is 6.25. The third-order valence-electron chi connectivity index (χ3n) is 6.25. The quantitative estimate of drug-likeness (QED) is 0.354. The lowest BCUT2D eigenvalue weighted by Crippen LogP contribution is -2.36. The normalized spacial score (nSPS) is 12.7. The van der Waals surface area contributed by atoms with Crippen molar-refractivity contribution in [1.82, 2.24) is 15.1 Å². The molecule has 9 heteroatoms. The Morgan fingerprint density at radius 3 is 2.28 bits per heavy atom. The second kappa shape index (κ2) is 9.05. The van der Waals surface area contributed by atoms with Crippen molar-refractivity contribution >= 4 is 0 Å². The number of aromatic amines is 1. The predicted octanol–water partition coefficient (Wildman–Crippen LogP) is 5.75. The third kappa shape index (κ3) is 5.11. The number of rotatable bonds is 6. The van der Waals surface area contributed by atoms with Gasteiger partial charge in [-0.05, 0) is 50.5 Å². The van der Waals surface area contributed by atoms with Crippen LogP contribution in [0.3, 0.4) is 0 Å². The summed E-state index contributed by atoms with van der Waals surface area (Å²) in [5, 5.41) is 14.2. The standard InChI is InChI=1S/C27H26F3N3O3/c1-25(2,27(28,29)30)20-10-8-17(9-11-20)22-32-24(36-33-22)19-14-18(23(34)31-15-19)12-16-6-5-7-21(13-16)26(3,4)35/h5-11,13-15,35H,12H2,1-4H3,(H,31,34). The van der Waals surface area contributed by atoms with Gasteiger partial charge < -0.3 is 14.6 Å². The molecule has 0 spiro atoms. The van der Waals surface area contributed by atoms with Gasteiger partial charge in [0.05, 0.1) is 16.6 Å². The second-order valence-corrected chi connectivity index (χ2v) is 9.80. The number of alkyl halides is 3. The highest BCUT2D eigenvalue weighted by Gasteiger charge is 2.48. The van der Waals surface area contributed by atoms with E-state index < -0.39 is 17.2 Å². The smallest absolute Gasteiger partial charge is 0.386 e. The minimum atomic E-state index is -4.38. The van der Waals surface area contributed by atoms with Crippen molar-refractivity contribution in [3.05, 3.63) is 93.4 Å². The molecule has 4 rings (SSSR count). The van der Waals surface area contributed by atoms with Crippen LogP contribution in [0, 0.1) is 0 Å². The van der Waals surface area contributed by atoms with Gasteiger partial charge >= 0.3 is 6.18 Å². The number of hydrogen-bond acceptors (Lipinski definition) is 5. The fourth-order valence-corrected chi connectivity index (χ4v) is 3.73. The lowest BCUT2D eigenvalue weighted by atomic mass is 9.83. The average Bonchev–Trinajstić information content (AvgIpc) is 3.30. The van der Waals surface area contributed by atoms with Gasteiger partial charge in [-0.3, -0.25) is 4.79 Å². The van der Waals surface area contributed by atoms with Crippen molar-refractivity contribution in [1.29, 1.82) is 0 Å². The fraction of sp³-hybridized carbons (Fsp3) is 0.296. The Balaban J connectivity index is 1.59. The SMILES string of the molecule is CC(C)(O)c1cccc(Cc2cc(-c3nc(-c4ccc(C(C)(C)C(F)(F)F)cc4)no3)c[nH]c2=O)c1. The summed E-state index contributed by atoms with van der Waals surface area (Å²) < 4.78 is 45.4. The molecule has 2 N–H and O–H groups in total. The largest absolute Gasteiger partial charge is 0.397 e. The molecule has 2 aromatic heterocycles. The van der Waals surface area contributed by atoms with E-state index in [1.165, 1.54) is 30.5 Å². The first-order chi connectivity index (χ1) is 16.8. The van der Waals surface area contributed by atoms with Gasteiger partial charge in [-0.1, -0.05) is 53.7 Å². The summed E-state index contributed by atoms with van der Waals surface area (Å²) in [6, 6.07) is 14.9. The van der Waals surface area contributed by atoms with Crippen molar-refractivity contribution in [2.45, 2.75) is 51.3 Å². The van der Waals surface area contributed by atoms with E-state index in [-0.39, 0.29) is 22.8 Å². The molecule has 0 amide bonds. The van der Waals surface area contributed by atoms with Crippen LogP contribution in [-0.4, -0.2) is 26.4 Å². The van der Waals surface area contributed by atoms with Crippen LogP contribution in [0.1, 0.15) is 49.9 Å². The van der Waals surface area contributed by atoms with Crippen molar-refractivity contribution in [2.75, 3.05) is 0 Å². The number of halogens is 3. The molecular weight excluding hydrogens is 471 g/mol. The van der Waals surface area contributed by atoms with Gasteiger partial charge in [0.2, 0.25) is 5.82 Å². The minimum Gasteiger partial charge on any atom is -0.386 e. The van der Waals surface area contributed by atoms with Gasteiger partial charge in [0.1, 0.15) is 0 Å². The number of H-pyrrole nitrogens is 1. The number of aromatic nitrogens is 3. The number of benzene rings is 2. The van der Waals surface area contributed by atoms with E-state index in [4.69, 9.17) is 4.52 Å². The number of hydrogen-bond donors (Lipinski definition) is 2. The molecule has 2 aromatic carbocycles. The zero-order valence-corrected chi connectivity index (χ0v) is 20.3. The summed E-state index contributed by atoms with van der Waals surface area (Å²) in [6.07, 6.45) is -2.60. The minimum absolute atomic E-state index is 0.126. The second-order valence-electron chi connectivity index (χ2n) is 9.80. The first kappa shape index (κ1) is 25.4. The zero-order chi connectivity index (χ0) is 26.3. The van der Waals surface area contributed by atoms with E-state index in [1.54, 1.807) is 19.9 Å². The maximum atomic E-state index is 13.3. The molecule has 2 heterocycles. The molecule has 0 bridgehead atoms. The van der Waals surface area contributed by atoms with Gasteiger partial charge in [-0.15, -0.1) is 0 Å². The molecule has 6 nitrogen and oxygen atoms in total. The Kier molecular flexibility index (Phi) is 6.38. The van der Waals surface area contributed by atoms with Crippen LogP contribution in [-0.2, 0) is 17.4 Å². The number of nitrogens with zero attached hydrogens (tertiary/aromatic N) is 2. The van der Waals surface area contributed by atoms with Gasteiger partial charge in [0.25, 0.3) is 11.4 Å². The topological polar surface area (TPSA) is 92.0 Å². The Morgan fingerprint density at radius 2 is 1.64 bits per heavy atom. The average molecular weight is 498 g/mol. The van der Waals surface area contributed by atoms with E-state index in [0.717, 1.165) is 25.0 Å². The lowest BCUT2D eigenvalue weighted by molar-refractivity contribution is -0.180. The molecule has 0 aliphatic rings. The van der Waals surface area contributed by atoms with Crippen LogP contribution in [0.2, 0.25) is 0 Å². The first-order valence-corrected chi connectivity index (χ1v) is 11.3. The van der Waals surface area contributed by atoms with Crippen LogP contribution in [0.25, 0.3) is 22.8 Å². The van der Waals surface area contributed by atoms with Gasteiger partial charge in [0, 0.05) is 23.7 Å². The molecule has 0 fully saturated rings. The monoisotopic (exact) mass is 497 g/mol. The van der Waals surface area contributed by atoms with E-state index in [9.17, 15) is 23.1 Å². The molecule has 36 heavy (non-hydrogen) atoms. The molecule has 0 atom stereocenters. The van der Waals surface area contributed by atoms with Crippen LogP contribution in [0.4, 0.5) is 13.2 Å². The van der Waals surface area contributed by atoms with Gasteiger partial charge in [-0.2, -0.15) is 18.2 Å². The summed E-state index contributed by atoms with van der Waals surface area (Å²) in [6.45, 7) is 5.64. The number of nitrogens with one attached hydrogen (secondary N) is 1. The van der Waals surface area contributed by atoms with Crippen LogP contribution < -0.4 is 5.56 Å². The Hall–Kier alpha value is -3.72. The molecule has 0 aliphatic heterocycles. The molecular formula is C27H26F3N3O3. The zero-order valence-electron chi connectivity index (χ0n) is 20.3. The summed E-state index contributed by atoms with van der Waals surface area (Å²) in [4.78, 5) is 19.5. The predicted molar refractivity (Wildman–Crippen MR) is 129 cm³/mol. The van der Waals surface area contributed by atoms with Gasteiger partial charge in [0.15, 0.2) is 0 Å². The highest BCUT2D eigenvalue weighted by Crippen LogP contribution is 2.40. The number of aliphatic hydroxyl groups is 1. The van der Waals surface area contributed by atoms with Crippen molar-refractivity contribution in [2.24, 2.45) is 0 Å². The molecule has 0 unspecified atom stereocenters. The van der Waals surface area contributed by atoms with Crippen LogP contribution in [0.15, 0.2) is 70.1 Å². The lowest BCUT2D eigenvalue weighted by Gasteiger charge is -2.28. The van der Waals surface area contributed by atoms with Gasteiger partial charge in [-0.25, -0.2) is 0 Å². The molecule has 0 aliphatic carbocycles. The first-order valence-electron chi connectivity index (χ1n) is 11.3. The summed E-state index contributed by atoms with van der Waals surface area (Å²) in [5.41, 5.74) is -0.0891. The summed E-state index contributed by atoms with van der Waals surface area (Å²) in [5.74, 6) is 0.374. The maximum absolute atomic E-state index is 13.3. The number of pyridine rings is 1. The summed E-state index contributed by atoms with van der Waals surface area (Å²) >= 11 is 0. The Labute approximate surface area is 205 Å². The molecule has 0 saturated carbocycles. The summed E-state index contributed by atoms with van der Waals surface area (Å²) in [7, 11) is 0. The highest BCUT2D eigenvalue weighted by molar-refractivity contribution is 5.60. The van der Waals surface area contributed by atoms with Crippen LogP contribution >= 0.6 is 0 Å². The van der Waals surface area contributed by atoms with Crippen molar-refractivity contribution in [3.63, 3.8) is 0 Å². The fourth-order valence-electron chi connectivity index (χ4n) is 3.73. The molecule has 0 saturated heterocycles. The Morgan fingerprint density at radius 1 is 0.944 bits per heavy atom.